The molecule has 4 atom stereocenters. The van der Waals surface area contributed by atoms with Crippen molar-refractivity contribution in [3.8, 4) is 5.75 Å². The molecule has 2 fully saturated rings. The third-order valence-corrected chi connectivity index (χ3v) is 4.76. The molecule has 19 heavy (non-hydrogen) atoms. The number of aliphatic hydroxyl groups is 1. The maximum absolute atomic E-state index is 13.2. The molecule has 2 aliphatic carbocycles. The minimum Gasteiger partial charge on any atom is -0.493 e. The van der Waals surface area contributed by atoms with Gasteiger partial charge in [-0.05, 0) is 62.1 Å². The number of benzene rings is 1. The van der Waals surface area contributed by atoms with Crippen molar-refractivity contribution in [2.45, 2.75) is 38.7 Å². The molecule has 0 spiro atoms. The molecule has 0 aromatic heterocycles. The van der Waals surface area contributed by atoms with E-state index in [0.29, 0.717) is 23.8 Å². The number of aliphatic hydroxyl groups excluding tert-OH is 1. The molecule has 3 rings (SSSR count). The van der Waals surface area contributed by atoms with Gasteiger partial charge in [0.2, 0.25) is 0 Å². The maximum Gasteiger partial charge on any atom is 0.125 e. The van der Waals surface area contributed by atoms with Crippen LogP contribution in [0.4, 0.5) is 4.39 Å². The second-order valence-corrected chi connectivity index (χ2v) is 6.10. The molecule has 1 aromatic carbocycles. The SMILES string of the molecule is CC(O)c1cc(F)ccc1OCC1CC2CCC1C2. The summed E-state index contributed by atoms with van der Waals surface area (Å²) in [5, 5.41) is 9.68. The predicted molar refractivity (Wildman–Crippen MR) is 71.5 cm³/mol. The third-order valence-electron chi connectivity index (χ3n) is 4.76. The average molecular weight is 264 g/mol. The summed E-state index contributed by atoms with van der Waals surface area (Å²) in [5.74, 6) is 2.66. The molecule has 0 heterocycles. The normalized spacial score (nSPS) is 30.6. The average Bonchev–Trinajstić information content (AvgIpc) is 2.99. The van der Waals surface area contributed by atoms with Gasteiger partial charge in [-0.3, -0.25) is 0 Å². The first-order valence-electron chi connectivity index (χ1n) is 7.24. The molecule has 104 valence electrons. The van der Waals surface area contributed by atoms with E-state index in [0.717, 1.165) is 11.8 Å². The van der Waals surface area contributed by atoms with E-state index < -0.39 is 6.10 Å². The number of fused-ring (bicyclic) bond motifs is 2. The molecule has 2 aliphatic rings. The Balaban J connectivity index is 1.66. The lowest BCUT2D eigenvalue weighted by atomic mass is 9.89. The first kappa shape index (κ1) is 12.9. The fourth-order valence-electron chi connectivity index (χ4n) is 3.75. The van der Waals surface area contributed by atoms with Gasteiger partial charge in [0.25, 0.3) is 0 Å². The number of hydrogen-bond acceptors (Lipinski definition) is 2. The van der Waals surface area contributed by atoms with Gasteiger partial charge in [0.1, 0.15) is 11.6 Å². The Morgan fingerprint density at radius 1 is 1.37 bits per heavy atom. The third kappa shape index (κ3) is 2.62. The van der Waals surface area contributed by atoms with Crippen molar-refractivity contribution in [2.24, 2.45) is 17.8 Å². The smallest absolute Gasteiger partial charge is 0.125 e. The Morgan fingerprint density at radius 2 is 2.21 bits per heavy atom. The van der Waals surface area contributed by atoms with Crippen LogP contribution in [0.25, 0.3) is 0 Å². The highest BCUT2D eigenvalue weighted by atomic mass is 19.1. The molecule has 2 saturated carbocycles. The molecule has 0 amide bonds. The van der Waals surface area contributed by atoms with Crippen LogP contribution in [0.3, 0.4) is 0 Å². The zero-order valence-corrected chi connectivity index (χ0v) is 11.3. The second-order valence-electron chi connectivity index (χ2n) is 6.10. The zero-order valence-electron chi connectivity index (χ0n) is 11.3. The molecule has 2 bridgehead atoms. The van der Waals surface area contributed by atoms with E-state index in [4.69, 9.17) is 4.74 Å². The lowest BCUT2D eigenvalue weighted by Gasteiger charge is -2.23. The van der Waals surface area contributed by atoms with Crippen LogP contribution in [0.2, 0.25) is 0 Å². The highest BCUT2D eigenvalue weighted by Gasteiger charge is 2.39. The van der Waals surface area contributed by atoms with E-state index in [9.17, 15) is 9.50 Å². The van der Waals surface area contributed by atoms with Crippen LogP contribution in [-0.4, -0.2) is 11.7 Å². The molecule has 2 nitrogen and oxygen atoms in total. The molecule has 4 unspecified atom stereocenters. The van der Waals surface area contributed by atoms with Crippen molar-refractivity contribution in [1.82, 2.24) is 0 Å². The van der Waals surface area contributed by atoms with Gasteiger partial charge in [-0.2, -0.15) is 0 Å². The van der Waals surface area contributed by atoms with Crippen molar-refractivity contribution in [1.29, 1.82) is 0 Å². The van der Waals surface area contributed by atoms with E-state index in [-0.39, 0.29) is 5.82 Å². The quantitative estimate of drug-likeness (QED) is 0.898. The molecular weight excluding hydrogens is 243 g/mol. The van der Waals surface area contributed by atoms with Gasteiger partial charge in [-0.25, -0.2) is 4.39 Å². The van der Waals surface area contributed by atoms with Crippen molar-refractivity contribution in [3.63, 3.8) is 0 Å². The fraction of sp³-hybridized carbons (Fsp3) is 0.625. The highest BCUT2D eigenvalue weighted by Crippen LogP contribution is 2.48. The zero-order chi connectivity index (χ0) is 13.4. The number of halogens is 1. The first-order valence-corrected chi connectivity index (χ1v) is 7.24. The van der Waals surface area contributed by atoms with Crippen molar-refractivity contribution in [3.05, 3.63) is 29.6 Å². The Bertz CT molecular complexity index is 458. The summed E-state index contributed by atoms with van der Waals surface area (Å²) in [4.78, 5) is 0. The molecule has 1 aromatic rings. The summed E-state index contributed by atoms with van der Waals surface area (Å²) < 4.78 is 19.1. The van der Waals surface area contributed by atoms with Gasteiger partial charge in [0.15, 0.2) is 0 Å². The van der Waals surface area contributed by atoms with Crippen LogP contribution >= 0.6 is 0 Å². The van der Waals surface area contributed by atoms with Gasteiger partial charge >= 0.3 is 0 Å². The van der Waals surface area contributed by atoms with E-state index in [1.807, 2.05) is 0 Å². The number of ether oxygens (including phenoxy) is 1. The van der Waals surface area contributed by atoms with E-state index in [1.54, 1.807) is 13.0 Å². The summed E-state index contributed by atoms with van der Waals surface area (Å²) in [6.07, 6.45) is 4.66. The predicted octanol–water partition coefficient (Wildman–Crippen LogP) is 3.69. The van der Waals surface area contributed by atoms with Crippen LogP contribution in [-0.2, 0) is 0 Å². The van der Waals surface area contributed by atoms with Crippen molar-refractivity contribution < 1.29 is 14.2 Å². The Labute approximate surface area is 113 Å². The van der Waals surface area contributed by atoms with Crippen molar-refractivity contribution >= 4 is 0 Å². The monoisotopic (exact) mass is 264 g/mol. The number of rotatable bonds is 4. The largest absolute Gasteiger partial charge is 0.493 e. The maximum atomic E-state index is 13.2. The van der Waals surface area contributed by atoms with Crippen LogP contribution in [0.15, 0.2) is 18.2 Å². The molecule has 3 heteroatoms. The molecule has 0 aliphatic heterocycles. The minimum atomic E-state index is -0.703. The van der Waals surface area contributed by atoms with Gasteiger partial charge in [-0.15, -0.1) is 0 Å². The van der Waals surface area contributed by atoms with Crippen molar-refractivity contribution in [2.75, 3.05) is 6.61 Å². The standard InChI is InChI=1S/C16H21FO2/c1-10(18)15-8-14(17)4-5-16(15)19-9-13-7-11-2-3-12(13)6-11/h4-5,8,10-13,18H,2-3,6-7,9H2,1H3. The summed E-state index contributed by atoms with van der Waals surface area (Å²) >= 11 is 0. The minimum absolute atomic E-state index is 0.330. The lowest BCUT2D eigenvalue weighted by Crippen LogP contribution is -2.19. The van der Waals surface area contributed by atoms with Gasteiger partial charge in [0.05, 0.1) is 12.7 Å². The lowest BCUT2D eigenvalue weighted by molar-refractivity contribution is 0.172. The number of hydrogen-bond donors (Lipinski definition) is 1. The van der Waals surface area contributed by atoms with Gasteiger partial charge < -0.3 is 9.84 Å². The highest BCUT2D eigenvalue weighted by molar-refractivity contribution is 5.35. The first-order chi connectivity index (χ1) is 9.13. The van der Waals surface area contributed by atoms with Crippen LogP contribution in [0.5, 0.6) is 5.75 Å². The second kappa shape index (κ2) is 5.12. The summed E-state index contributed by atoms with van der Waals surface area (Å²) in [5.41, 5.74) is 0.545. The molecular formula is C16H21FO2. The van der Waals surface area contributed by atoms with E-state index >= 15 is 0 Å². The van der Waals surface area contributed by atoms with E-state index in [2.05, 4.69) is 0 Å². The summed E-state index contributed by atoms with van der Waals surface area (Å²) in [7, 11) is 0. The van der Waals surface area contributed by atoms with Crippen LogP contribution in [0, 0.1) is 23.6 Å². The molecule has 0 radical (unpaired) electrons. The van der Waals surface area contributed by atoms with Crippen LogP contribution in [0.1, 0.15) is 44.3 Å². The summed E-state index contributed by atoms with van der Waals surface area (Å²) in [6.45, 7) is 2.34. The van der Waals surface area contributed by atoms with Crippen LogP contribution < -0.4 is 4.74 Å². The Kier molecular flexibility index (Phi) is 3.48. The van der Waals surface area contributed by atoms with Gasteiger partial charge in [0, 0.05) is 5.56 Å². The molecule has 0 saturated heterocycles. The molecule has 1 N–H and O–H groups in total. The Morgan fingerprint density at radius 3 is 2.84 bits per heavy atom. The van der Waals surface area contributed by atoms with Gasteiger partial charge in [-0.1, -0.05) is 6.42 Å². The summed E-state index contributed by atoms with van der Waals surface area (Å²) in [6, 6.07) is 4.38. The topological polar surface area (TPSA) is 29.5 Å². The van der Waals surface area contributed by atoms with E-state index in [1.165, 1.54) is 37.8 Å². The Hall–Kier alpha value is -1.09. The fourth-order valence-corrected chi connectivity index (χ4v) is 3.75.